The largest absolute Gasteiger partial charge is 0.316 e. The molecule has 1 N–H and O–H groups in total. The molecule has 1 unspecified atom stereocenters. The minimum Gasteiger partial charge on any atom is -0.316 e. The van der Waals surface area contributed by atoms with Crippen molar-refractivity contribution in [2.45, 2.75) is 32.4 Å². The highest BCUT2D eigenvalue weighted by molar-refractivity contribution is 5.25. The van der Waals surface area contributed by atoms with Crippen molar-refractivity contribution in [2.24, 2.45) is 0 Å². The summed E-state index contributed by atoms with van der Waals surface area (Å²) < 4.78 is 0. The van der Waals surface area contributed by atoms with Gasteiger partial charge in [-0.1, -0.05) is 24.3 Å². The third-order valence-electron chi connectivity index (χ3n) is 3.57. The molecule has 0 radical (unpaired) electrons. The lowest BCUT2D eigenvalue weighted by molar-refractivity contribution is 0.187. The van der Waals surface area contributed by atoms with Gasteiger partial charge >= 0.3 is 0 Å². The van der Waals surface area contributed by atoms with Crippen molar-refractivity contribution >= 4 is 0 Å². The molecular formula is C14H22N2. The molecule has 0 spiro atoms. The Morgan fingerprint density at radius 3 is 2.94 bits per heavy atom. The molecule has 88 valence electrons. The van der Waals surface area contributed by atoms with Gasteiger partial charge in [-0.3, -0.25) is 4.90 Å². The van der Waals surface area contributed by atoms with Gasteiger partial charge in [-0.05, 0) is 44.5 Å². The van der Waals surface area contributed by atoms with Crippen molar-refractivity contribution in [3.63, 3.8) is 0 Å². The van der Waals surface area contributed by atoms with Crippen LogP contribution in [0.4, 0.5) is 0 Å². The Kier molecular flexibility index (Phi) is 3.97. The van der Waals surface area contributed by atoms with Crippen LogP contribution in [0.25, 0.3) is 0 Å². The van der Waals surface area contributed by atoms with E-state index in [4.69, 9.17) is 0 Å². The molecule has 0 aliphatic carbocycles. The summed E-state index contributed by atoms with van der Waals surface area (Å²) in [6.45, 7) is 5.73. The molecule has 0 amide bonds. The molecule has 1 saturated heterocycles. The maximum atomic E-state index is 3.39. The van der Waals surface area contributed by atoms with E-state index in [1.54, 1.807) is 0 Å². The summed E-state index contributed by atoms with van der Waals surface area (Å²) in [4.78, 5) is 2.56. The molecule has 2 rings (SSSR count). The summed E-state index contributed by atoms with van der Waals surface area (Å²) in [5, 5.41) is 3.39. The number of piperidine rings is 1. The number of hydrogen-bond donors (Lipinski definition) is 1. The van der Waals surface area contributed by atoms with E-state index in [1.807, 2.05) is 0 Å². The number of aryl methyl sites for hydroxylation is 1. The molecule has 0 saturated carbocycles. The fourth-order valence-corrected chi connectivity index (χ4v) is 2.46. The van der Waals surface area contributed by atoms with Crippen molar-refractivity contribution < 1.29 is 0 Å². The van der Waals surface area contributed by atoms with Gasteiger partial charge in [-0.2, -0.15) is 0 Å². The molecule has 16 heavy (non-hydrogen) atoms. The van der Waals surface area contributed by atoms with Crippen LogP contribution < -0.4 is 5.32 Å². The first-order chi connectivity index (χ1) is 7.79. The van der Waals surface area contributed by atoms with E-state index in [2.05, 4.69) is 48.5 Å². The van der Waals surface area contributed by atoms with Crippen LogP contribution in [0, 0.1) is 6.92 Å². The fourth-order valence-electron chi connectivity index (χ4n) is 2.46. The summed E-state index contributed by atoms with van der Waals surface area (Å²) in [6, 6.07) is 9.39. The van der Waals surface area contributed by atoms with Crippen molar-refractivity contribution in [1.82, 2.24) is 10.2 Å². The van der Waals surface area contributed by atoms with Crippen molar-refractivity contribution in [3.8, 4) is 0 Å². The Labute approximate surface area is 98.7 Å². The molecule has 0 bridgehead atoms. The number of likely N-dealkylation sites (N-methyl/N-ethyl adjacent to an activating group) is 1. The predicted octanol–water partition coefficient (Wildman–Crippen LogP) is 2.18. The lowest BCUT2D eigenvalue weighted by Gasteiger charge is -2.32. The van der Waals surface area contributed by atoms with E-state index in [-0.39, 0.29) is 0 Å². The maximum Gasteiger partial charge on any atom is 0.0237 e. The van der Waals surface area contributed by atoms with E-state index in [0.29, 0.717) is 6.04 Å². The first kappa shape index (κ1) is 11.6. The molecular weight excluding hydrogens is 196 g/mol. The number of likely N-dealkylation sites (tertiary alicyclic amines) is 1. The van der Waals surface area contributed by atoms with Crippen molar-refractivity contribution in [1.29, 1.82) is 0 Å². The second kappa shape index (κ2) is 5.46. The van der Waals surface area contributed by atoms with Crippen molar-refractivity contribution in [3.05, 3.63) is 35.4 Å². The zero-order chi connectivity index (χ0) is 11.4. The van der Waals surface area contributed by atoms with E-state index in [9.17, 15) is 0 Å². The van der Waals surface area contributed by atoms with Gasteiger partial charge in [0.2, 0.25) is 0 Å². The number of benzene rings is 1. The van der Waals surface area contributed by atoms with Gasteiger partial charge in [0.05, 0.1) is 0 Å². The average molecular weight is 218 g/mol. The highest BCUT2D eigenvalue weighted by atomic mass is 15.2. The van der Waals surface area contributed by atoms with Crippen LogP contribution in [0.15, 0.2) is 24.3 Å². The van der Waals surface area contributed by atoms with Gasteiger partial charge in [0.25, 0.3) is 0 Å². The Morgan fingerprint density at radius 1 is 1.38 bits per heavy atom. The molecule has 1 aliphatic rings. The molecule has 1 aliphatic heterocycles. The quantitative estimate of drug-likeness (QED) is 0.836. The summed E-state index contributed by atoms with van der Waals surface area (Å²) in [5.74, 6) is 0. The highest BCUT2D eigenvalue weighted by Crippen LogP contribution is 2.15. The van der Waals surface area contributed by atoms with Crippen LogP contribution in [0.2, 0.25) is 0 Å². The SMILES string of the molecule is CNC1CCCN(Cc2ccccc2C)C1. The Balaban J connectivity index is 1.97. The molecule has 1 heterocycles. The number of nitrogens with one attached hydrogen (secondary N) is 1. The number of hydrogen-bond acceptors (Lipinski definition) is 2. The number of rotatable bonds is 3. The van der Waals surface area contributed by atoms with E-state index >= 15 is 0 Å². The minimum atomic E-state index is 0.678. The van der Waals surface area contributed by atoms with Gasteiger partial charge in [-0.15, -0.1) is 0 Å². The van der Waals surface area contributed by atoms with Gasteiger partial charge < -0.3 is 5.32 Å². The third-order valence-corrected chi connectivity index (χ3v) is 3.57. The highest BCUT2D eigenvalue weighted by Gasteiger charge is 2.18. The summed E-state index contributed by atoms with van der Waals surface area (Å²) in [6.07, 6.45) is 2.64. The second-order valence-corrected chi connectivity index (χ2v) is 4.79. The smallest absolute Gasteiger partial charge is 0.0237 e. The lowest BCUT2D eigenvalue weighted by Crippen LogP contribution is -2.43. The summed E-state index contributed by atoms with van der Waals surface area (Å²) in [7, 11) is 2.07. The standard InChI is InChI=1S/C14H22N2/c1-12-6-3-4-7-13(12)10-16-9-5-8-14(11-16)15-2/h3-4,6-7,14-15H,5,8-11H2,1-2H3. The van der Waals surface area contributed by atoms with Gasteiger partial charge in [0.15, 0.2) is 0 Å². The zero-order valence-electron chi connectivity index (χ0n) is 10.4. The molecule has 0 aromatic heterocycles. The molecule has 2 heteroatoms. The van der Waals surface area contributed by atoms with Crippen LogP contribution >= 0.6 is 0 Å². The van der Waals surface area contributed by atoms with Crippen LogP contribution in [0.1, 0.15) is 24.0 Å². The van der Waals surface area contributed by atoms with E-state index < -0.39 is 0 Å². The predicted molar refractivity (Wildman–Crippen MR) is 68.5 cm³/mol. The summed E-state index contributed by atoms with van der Waals surface area (Å²) in [5.41, 5.74) is 2.88. The van der Waals surface area contributed by atoms with E-state index in [0.717, 1.165) is 6.54 Å². The van der Waals surface area contributed by atoms with Gasteiger partial charge in [-0.25, -0.2) is 0 Å². The Morgan fingerprint density at radius 2 is 2.19 bits per heavy atom. The first-order valence-corrected chi connectivity index (χ1v) is 6.23. The lowest BCUT2D eigenvalue weighted by atomic mass is 10.0. The molecule has 2 nitrogen and oxygen atoms in total. The molecule has 1 aromatic rings. The minimum absolute atomic E-state index is 0.678. The van der Waals surface area contributed by atoms with Gasteiger partial charge in [0, 0.05) is 19.1 Å². The number of nitrogens with zero attached hydrogens (tertiary/aromatic N) is 1. The maximum absolute atomic E-state index is 3.39. The Bertz CT molecular complexity index is 335. The molecule has 1 atom stereocenters. The Hall–Kier alpha value is -0.860. The topological polar surface area (TPSA) is 15.3 Å². The van der Waals surface area contributed by atoms with Crippen LogP contribution in [0.5, 0.6) is 0 Å². The third kappa shape index (κ3) is 2.83. The van der Waals surface area contributed by atoms with Crippen LogP contribution in [0.3, 0.4) is 0 Å². The normalized spacial score (nSPS) is 22.2. The first-order valence-electron chi connectivity index (χ1n) is 6.23. The van der Waals surface area contributed by atoms with Gasteiger partial charge in [0.1, 0.15) is 0 Å². The monoisotopic (exact) mass is 218 g/mol. The van der Waals surface area contributed by atoms with Crippen LogP contribution in [-0.4, -0.2) is 31.1 Å². The molecule has 1 fully saturated rings. The molecule has 1 aromatic carbocycles. The average Bonchev–Trinajstić information content (AvgIpc) is 2.32. The van der Waals surface area contributed by atoms with Crippen molar-refractivity contribution in [2.75, 3.05) is 20.1 Å². The van der Waals surface area contributed by atoms with Crippen LogP contribution in [-0.2, 0) is 6.54 Å². The fraction of sp³-hybridized carbons (Fsp3) is 0.571. The van der Waals surface area contributed by atoms with E-state index in [1.165, 1.54) is 37.1 Å². The summed E-state index contributed by atoms with van der Waals surface area (Å²) >= 11 is 0. The second-order valence-electron chi connectivity index (χ2n) is 4.79. The zero-order valence-corrected chi connectivity index (χ0v) is 10.4.